The number of hydrogen-bond acceptors (Lipinski definition) is 2. The molecule has 2 nitrogen and oxygen atoms in total. The molecule has 76 valence electrons. The van der Waals surface area contributed by atoms with E-state index >= 15 is 0 Å². The molecule has 0 radical (unpaired) electrons. The van der Waals surface area contributed by atoms with Gasteiger partial charge in [-0.3, -0.25) is 0 Å². The number of rotatable bonds is 2. The second-order valence-electron chi connectivity index (χ2n) is 4.08. The van der Waals surface area contributed by atoms with Crippen molar-refractivity contribution in [1.82, 2.24) is 4.90 Å². The van der Waals surface area contributed by atoms with Gasteiger partial charge in [-0.2, -0.15) is 0 Å². The van der Waals surface area contributed by atoms with E-state index in [4.69, 9.17) is 4.74 Å². The summed E-state index contributed by atoms with van der Waals surface area (Å²) in [4.78, 5) is 2.29. The minimum atomic E-state index is 0.593. The molecule has 1 aliphatic carbocycles. The second kappa shape index (κ2) is 3.62. The summed E-state index contributed by atoms with van der Waals surface area (Å²) in [5.41, 5.74) is 2.92. The maximum absolute atomic E-state index is 5.22. The van der Waals surface area contributed by atoms with Crippen molar-refractivity contribution in [2.45, 2.75) is 18.9 Å². The average Bonchev–Trinajstić information content (AvgIpc) is 2.59. The summed E-state index contributed by atoms with van der Waals surface area (Å²) in [6.45, 7) is 0. The third-order valence-electron chi connectivity index (χ3n) is 3.02. The third-order valence-corrected chi connectivity index (χ3v) is 3.02. The van der Waals surface area contributed by atoms with Crippen LogP contribution in [-0.2, 0) is 6.42 Å². The lowest BCUT2D eigenvalue weighted by Crippen LogP contribution is -2.17. The van der Waals surface area contributed by atoms with Gasteiger partial charge in [0.15, 0.2) is 0 Å². The Morgan fingerprint density at radius 3 is 2.79 bits per heavy atom. The maximum atomic E-state index is 5.22. The smallest absolute Gasteiger partial charge is 0.119 e. The number of ether oxygens (including phenoxy) is 1. The molecule has 1 atom stereocenters. The molecule has 1 aliphatic rings. The second-order valence-corrected chi connectivity index (χ2v) is 4.08. The van der Waals surface area contributed by atoms with Crippen molar-refractivity contribution >= 4 is 0 Å². The van der Waals surface area contributed by atoms with Crippen LogP contribution in [0.5, 0.6) is 5.75 Å². The number of aryl methyl sites for hydroxylation is 1. The zero-order valence-electron chi connectivity index (χ0n) is 9.08. The Labute approximate surface area is 85.5 Å². The van der Waals surface area contributed by atoms with Crippen LogP contribution < -0.4 is 4.74 Å². The van der Waals surface area contributed by atoms with Crippen LogP contribution in [-0.4, -0.2) is 26.1 Å². The molecule has 0 aromatic heterocycles. The molecular formula is C12H17NO. The Hall–Kier alpha value is -1.02. The summed E-state index contributed by atoms with van der Waals surface area (Å²) >= 11 is 0. The van der Waals surface area contributed by atoms with Gasteiger partial charge in [0.1, 0.15) is 5.75 Å². The predicted octanol–water partition coefficient (Wildman–Crippen LogP) is 2.24. The van der Waals surface area contributed by atoms with Gasteiger partial charge in [0.2, 0.25) is 0 Å². The highest BCUT2D eigenvalue weighted by Gasteiger charge is 2.23. The van der Waals surface area contributed by atoms with E-state index in [1.54, 1.807) is 7.11 Å². The lowest BCUT2D eigenvalue weighted by atomic mass is 10.1. The van der Waals surface area contributed by atoms with Crippen molar-refractivity contribution in [2.24, 2.45) is 0 Å². The van der Waals surface area contributed by atoms with Crippen LogP contribution in [0.1, 0.15) is 23.6 Å². The number of fused-ring (bicyclic) bond motifs is 1. The van der Waals surface area contributed by atoms with Crippen molar-refractivity contribution in [3.63, 3.8) is 0 Å². The number of methoxy groups -OCH3 is 1. The van der Waals surface area contributed by atoms with E-state index in [2.05, 4.69) is 37.2 Å². The molecule has 0 amide bonds. The molecule has 14 heavy (non-hydrogen) atoms. The van der Waals surface area contributed by atoms with Crippen molar-refractivity contribution < 1.29 is 4.74 Å². The third kappa shape index (κ3) is 1.50. The molecule has 0 heterocycles. The van der Waals surface area contributed by atoms with Crippen LogP contribution >= 0.6 is 0 Å². The Morgan fingerprint density at radius 2 is 2.14 bits per heavy atom. The number of benzene rings is 1. The summed E-state index contributed by atoms with van der Waals surface area (Å²) in [7, 11) is 6.01. The van der Waals surface area contributed by atoms with Crippen LogP contribution in [0.15, 0.2) is 18.2 Å². The van der Waals surface area contributed by atoms with Crippen molar-refractivity contribution in [2.75, 3.05) is 21.2 Å². The molecule has 0 bridgehead atoms. The molecule has 1 aromatic carbocycles. The fourth-order valence-electron chi connectivity index (χ4n) is 2.23. The lowest BCUT2D eigenvalue weighted by molar-refractivity contribution is 0.299. The fraction of sp³-hybridized carbons (Fsp3) is 0.500. The molecule has 0 aliphatic heterocycles. The normalized spacial score (nSPS) is 19.9. The van der Waals surface area contributed by atoms with E-state index < -0.39 is 0 Å². The Bertz CT molecular complexity index is 333. The number of hydrogen-bond donors (Lipinski definition) is 0. The summed E-state index contributed by atoms with van der Waals surface area (Å²) in [5, 5.41) is 0. The van der Waals surface area contributed by atoms with Gasteiger partial charge in [-0.15, -0.1) is 0 Å². The van der Waals surface area contributed by atoms with Gasteiger partial charge in [-0.25, -0.2) is 0 Å². The van der Waals surface area contributed by atoms with Crippen LogP contribution in [0.3, 0.4) is 0 Å². The van der Waals surface area contributed by atoms with Crippen molar-refractivity contribution in [3.8, 4) is 5.75 Å². The minimum absolute atomic E-state index is 0.593. The summed E-state index contributed by atoms with van der Waals surface area (Å²) in [5.74, 6) is 0.975. The molecule has 0 saturated carbocycles. The van der Waals surface area contributed by atoms with Crippen molar-refractivity contribution in [3.05, 3.63) is 29.3 Å². The van der Waals surface area contributed by atoms with Crippen LogP contribution in [0.2, 0.25) is 0 Å². The van der Waals surface area contributed by atoms with Gasteiger partial charge < -0.3 is 9.64 Å². The molecule has 2 heteroatoms. The van der Waals surface area contributed by atoms with E-state index in [0.717, 1.165) is 5.75 Å². The summed E-state index contributed by atoms with van der Waals surface area (Å²) < 4.78 is 5.22. The number of nitrogens with zero attached hydrogens (tertiary/aromatic N) is 1. The van der Waals surface area contributed by atoms with E-state index in [1.807, 2.05) is 0 Å². The average molecular weight is 191 g/mol. The van der Waals surface area contributed by atoms with Gasteiger partial charge >= 0.3 is 0 Å². The molecule has 0 unspecified atom stereocenters. The first-order valence-electron chi connectivity index (χ1n) is 5.05. The SMILES string of the molecule is COc1ccc2c(c1)CC[C@@H]2N(C)C. The first-order valence-corrected chi connectivity index (χ1v) is 5.05. The Kier molecular flexibility index (Phi) is 2.46. The first kappa shape index (κ1) is 9.53. The van der Waals surface area contributed by atoms with Crippen LogP contribution in [0, 0.1) is 0 Å². The highest BCUT2D eigenvalue weighted by molar-refractivity contribution is 5.40. The fourth-order valence-corrected chi connectivity index (χ4v) is 2.23. The molecule has 2 rings (SSSR count). The van der Waals surface area contributed by atoms with Crippen LogP contribution in [0.25, 0.3) is 0 Å². The quantitative estimate of drug-likeness (QED) is 0.711. The highest BCUT2D eigenvalue weighted by atomic mass is 16.5. The highest BCUT2D eigenvalue weighted by Crippen LogP contribution is 2.35. The Morgan fingerprint density at radius 1 is 1.36 bits per heavy atom. The topological polar surface area (TPSA) is 12.5 Å². The summed E-state index contributed by atoms with van der Waals surface area (Å²) in [6, 6.07) is 7.02. The molecule has 0 spiro atoms. The van der Waals surface area contributed by atoms with Crippen LogP contribution in [0.4, 0.5) is 0 Å². The van der Waals surface area contributed by atoms with E-state index in [1.165, 1.54) is 24.0 Å². The zero-order valence-corrected chi connectivity index (χ0v) is 9.08. The first-order chi connectivity index (χ1) is 6.72. The molecule has 0 fully saturated rings. The summed E-state index contributed by atoms with van der Waals surface area (Å²) in [6.07, 6.45) is 2.41. The van der Waals surface area contributed by atoms with E-state index in [-0.39, 0.29) is 0 Å². The van der Waals surface area contributed by atoms with E-state index in [0.29, 0.717) is 6.04 Å². The van der Waals surface area contributed by atoms with Gasteiger partial charge in [-0.05, 0) is 50.2 Å². The monoisotopic (exact) mass is 191 g/mol. The van der Waals surface area contributed by atoms with Gasteiger partial charge in [0, 0.05) is 6.04 Å². The molecule has 0 N–H and O–H groups in total. The van der Waals surface area contributed by atoms with Gasteiger partial charge in [0.05, 0.1) is 7.11 Å². The largest absolute Gasteiger partial charge is 0.497 e. The van der Waals surface area contributed by atoms with E-state index in [9.17, 15) is 0 Å². The minimum Gasteiger partial charge on any atom is -0.497 e. The molecule has 0 saturated heterocycles. The molecular weight excluding hydrogens is 174 g/mol. The van der Waals surface area contributed by atoms with Crippen molar-refractivity contribution in [1.29, 1.82) is 0 Å². The van der Waals surface area contributed by atoms with Gasteiger partial charge in [0.25, 0.3) is 0 Å². The Balaban J connectivity index is 2.33. The predicted molar refractivity (Wildman–Crippen MR) is 57.7 cm³/mol. The standard InChI is InChI=1S/C12H17NO/c1-13(2)12-7-4-9-8-10(14-3)5-6-11(9)12/h5-6,8,12H,4,7H2,1-3H3/t12-/m0/s1. The zero-order chi connectivity index (χ0) is 10.1. The molecule has 1 aromatic rings. The maximum Gasteiger partial charge on any atom is 0.119 e. The van der Waals surface area contributed by atoms with Gasteiger partial charge in [-0.1, -0.05) is 6.07 Å². The lowest BCUT2D eigenvalue weighted by Gasteiger charge is -2.20.